The fourth-order valence-corrected chi connectivity index (χ4v) is 3.13. The SMILES string of the molecule is C[C@H](C(=O)N/N=C\c1ccc(-c2cc([N+](=O)[O-])ccc2Cl)o1)n1nnc2ccccc21. The van der Waals surface area contributed by atoms with Gasteiger partial charge in [-0.2, -0.15) is 5.10 Å². The number of halogens is 1. The Hall–Kier alpha value is -4.05. The first kappa shape index (κ1) is 20.2. The number of non-ortho nitro benzene ring substituents is 1. The van der Waals surface area contributed by atoms with Crippen molar-refractivity contribution < 1.29 is 14.1 Å². The molecule has 11 heteroatoms. The predicted octanol–water partition coefficient (Wildman–Crippen LogP) is 3.96. The third-order valence-corrected chi connectivity index (χ3v) is 4.87. The van der Waals surface area contributed by atoms with E-state index in [0.29, 0.717) is 27.6 Å². The number of aromatic nitrogens is 3. The van der Waals surface area contributed by atoms with Crippen molar-refractivity contribution in [1.29, 1.82) is 0 Å². The van der Waals surface area contributed by atoms with Crippen molar-refractivity contribution in [3.63, 3.8) is 0 Å². The molecule has 0 saturated heterocycles. The summed E-state index contributed by atoms with van der Waals surface area (Å²) >= 11 is 6.13. The standard InChI is InChI=1S/C20H15ClN6O4/c1-12(26-18-5-3-2-4-17(18)23-25-26)20(28)24-22-11-14-7-9-19(31-14)15-10-13(27(29)30)6-8-16(15)21/h2-12H,1H3,(H,24,28)/b22-11-/t12-/m1/s1. The maximum atomic E-state index is 12.4. The number of nitro groups is 1. The van der Waals surface area contributed by atoms with E-state index in [-0.39, 0.29) is 11.6 Å². The van der Waals surface area contributed by atoms with Gasteiger partial charge in [0.1, 0.15) is 23.1 Å². The van der Waals surface area contributed by atoms with Crippen molar-refractivity contribution >= 4 is 40.4 Å². The van der Waals surface area contributed by atoms with Crippen LogP contribution in [0, 0.1) is 10.1 Å². The number of carbonyl (C=O) groups is 1. The summed E-state index contributed by atoms with van der Waals surface area (Å²) in [5, 5.41) is 23.3. The van der Waals surface area contributed by atoms with Crippen LogP contribution in [-0.2, 0) is 4.79 Å². The monoisotopic (exact) mass is 438 g/mol. The molecule has 4 rings (SSSR count). The normalized spacial score (nSPS) is 12.3. The second-order valence-corrected chi connectivity index (χ2v) is 6.96. The van der Waals surface area contributed by atoms with Crippen molar-refractivity contribution in [2.24, 2.45) is 5.10 Å². The van der Waals surface area contributed by atoms with Gasteiger partial charge in [0.25, 0.3) is 11.6 Å². The number of nitrogens with zero attached hydrogens (tertiary/aromatic N) is 5. The molecule has 2 aromatic carbocycles. The van der Waals surface area contributed by atoms with E-state index in [4.69, 9.17) is 16.0 Å². The molecule has 0 bridgehead atoms. The van der Waals surface area contributed by atoms with Crippen molar-refractivity contribution in [2.45, 2.75) is 13.0 Å². The molecule has 10 nitrogen and oxygen atoms in total. The van der Waals surface area contributed by atoms with Crippen LogP contribution >= 0.6 is 11.6 Å². The lowest BCUT2D eigenvalue weighted by Crippen LogP contribution is -2.28. The lowest BCUT2D eigenvalue weighted by molar-refractivity contribution is -0.384. The van der Waals surface area contributed by atoms with E-state index in [9.17, 15) is 14.9 Å². The minimum atomic E-state index is -0.639. The van der Waals surface area contributed by atoms with Gasteiger partial charge in [-0.3, -0.25) is 14.9 Å². The van der Waals surface area contributed by atoms with Crippen LogP contribution in [0.1, 0.15) is 18.7 Å². The number of nitrogens with one attached hydrogen (secondary N) is 1. The molecule has 0 fully saturated rings. The van der Waals surface area contributed by atoms with Gasteiger partial charge in [0, 0.05) is 17.7 Å². The number of hydrogen-bond acceptors (Lipinski definition) is 7. The van der Waals surface area contributed by atoms with E-state index in [1.165, 1.54) is 29.1 Å². The number of nitro benzene ring substituents is 1. The zero-order chi connectivity index (χ0) is 22.0. The molecule has 0 aliphatic rings. The first-order valence-corrected chi connectivity index (χ1v) is 9.49. The molecule has 2 heterocycles. The summed E-state index contributed by atoms with van der Waals surface area (Å²) in [5.74, 6) is 0.279. The van der Waals surface area contributed by atoms with Crippen molar-refractivity contribution in [3.8, 4) is 11.3 Å². The molecule has 0 aliphatic carbocycles. The minimum Gasteiger partial charge on any atom is -0.455 e. The highest BCUT2D eigenvalue weighted by Crippen LogP contribution is 2.32. The topological polar surface area (TPSA) is 128 Å². The van der Waals surface area contributed by atoms with E-state index in [2.05, 4.69) is 20.8 Å². The molecule has 1 N–H and O–H groups in total. The van der Waals surface area contributed by atoms with E-state index < -0.39 is 11.0 Å². The number of hydrazone groups is 1. The molecule has 156 valence electrons. The first-order valence-electron chi connectivity index (χ1n) is 9.11. The molecule has 4 aromatic rings. The summed E-state index contributed by atoms with van der Waals surface area (Å²) in [4.78, 5) is 22.9. The maximum absolute atomic E-state index is 12.4. The molecule has 2 aromatic heterocycles. The Labute approximate surface area is 180 Å². The molecule has 0 radical (unpaired) electrons. The van der Waals surface area contributed by atoms with E-state index in [1.807, 2.05) is 24.3 Å². The summed E-state index contributed by atoms with van der Waals surface area (Å²) in [6.07, 6.45) is 1.32. The average molecular weight is 439 g/mol. The van der Waals surface area contributed by atoms with Crippen LogP contribution < -0.4 is 5.43 Å². The summed E-state index contributed by atoms with van der Waals surface area (Å²) in [7, 11) is 0. The van der Waals surface area contributed by atoms with Crippen LogP contribution in [0.15, 0.2) is 64.1 Å². The van der Waals surface area contributed by atoms with Crippen LogP contribution in [0.25, 0.3) is 22.4 Å². The van der Waals surface area contributed by atoms with Crippen LogP contribution in [0.4, 0.5) is 5.69 Å². The Bertz CT molecular complexity index is 1310. The number of furan rings is 1. The molecule has 0 spiro atoms. The van der Waals surface area contributed by atoms with Crippen molar-refractivity contribution in [1.82, 2.24) is 20.4 Å². The molecule has 31 heavy (non-hydrogen) atoms. The minimum absolute atomic E-state index is 0.104. The van der Waals surface area contributed by atoms with Gasteiger partial charge in [0.15, 0.2) is 0 Å². The van der Waals surface area contributed by atoms with Crippen LogP contribution in [0.2, 0.25) is 5.02 Å². The zero-order valence-electron chi connectivity index (χ0n) is 16.1. The third kappa shape index (κ3) is 4.14. The van der Waals surface area contributed by atoms with Gasteiger partial charge >= 0.3 is 0 Å². The highest BCUT2D eigenvalue weighted by Gasteiger charge is 2.18. The molecular formula is C20H15ClN6O4. The van der Waals surface area contributed by atoms with Gasteiger partial charge in [-0.15, -0.1) is 5.10 Å². The quantitative estimate of drug-likeness (QED) is 0.275. The number of fused-ring (bicyclic) bond motifs is 1. The molecule has 0 unspecified atom stereocenters. The van der Waals surface area contributed by atoms with Gasteiger partial charge in [-0.25, -0.2) is 10.1 Å². The maximum Gasteiger partial charge on any atom is 0.270 e. The van der Waals surface area contributed by atoms with Crippen LogP contribution in [0.3, 0.4) is 0 Å². The van der Waals surface area contributed by atoms with E-state index in [1.54, 1.807) is 19.1 Å². The van der Waals surface area contributed by atoms with Gasteiger partial charge in [-0.05, 0) is 37.3 Å². The molecule has 0 aliphatic heterocycles. The summed E-state index contributed by atoms with van der Waals surface area (Å²) in [6, 6.07) is 14.0. The molecule has 1 atom stereocenters. The fourth-order valence-electron chi connectivity index (χ4n) is 2.92. The van der Waals surface area contributed by atoms with E-state index in [0.717, 1.165) is 5.52 Å². The number of amides is 1. The van der Waals surface area contributed by atoms with Gasteiger partial charge < -0.3 is 4.42 Å². The largest absolute Gasteiger partial charge is 0.455 e. The smallest absolute Gasteiger partial charge is 0.270 e. The number of hydrogen-bond donors (Lipinski definition) is 1. The number of carbonyl (C=O) groups excluding carboxylic acids is 1. The van der Waals surface area contributed by atoms with Crippen LogP contribution in [0.5, 0.6) is 0 Å². The van der Waals surface area contributed by atoms with Gasteiger partial charge in [-0.1, -0.05) is 28.9 Å². The summed E-state index contributed by atoms with van der Waals surface area (Å²) < 4.78 is 7.13. The highest BCUT2D eigenvalue weighted by molar-refractivity contribution is 6.33. The first-order chi connectivity index (χ1) is 14.9. The Morgan fingerprint density at radius 2 is 2.10 bits per heavy atom. The fraction of sp³-hybridized carbons (Fsp3) is 0.100. The Morgan fingerprint density at radius 1 is 1.29 bits per heavy atom. The van der Waals surface area contributed by atoms with Gasteiger partial charge in [0.2, 0.25) is 0 Å². The Kier molecular flexibility index (Phi) is 5.46. The lowest BCUT2D eigenvalue weighted by Gasteiger charge is -2.10. The van der Waals surface area contributed by atoms with Gasteiger partial charge in [0.05, 0.1) is 21.7 Å². The number of benzene rings is 2. The van der Waals surface area contributed by atoms with Crippen molar-refractivity contribution in [3.05, 3.63) is 75.5 Å². The predicted molar refractivity (Wildman–Crippen MR) is 114 cm³/mol. The summed E-state index contributed by atoms with van der Waals surface area (Å²) in [6.45, 7) is 1.68. The molecule has 1 amide bonds. The Balaban J connectivity index is 1.45. The number of para-hydroxylation sites is 1. The third-order valence-electron chi connectivity index (χ3n) is 4.54. The van der Waals surface area contributed by atoms with Crippen molar-refractivity contribution in [2.75, 3.05) is 0 Å². The molecule has 0 saturated carbocycles. The van der Waals surface area contributed by atoms with Crippen LogP contribution in [-0.4, -0.2) is 32.0 Å². The van der Waals surface area contributed by atoms with E-state index >= 15 is 0 Å². The lowest BCUT2D eigenvalue weighted by atomic mass is 10.1. The Morgan fingerprint density at radius 3 is 2.90 bits per heavy atom. The zero-order valence-corrected chi connectivity index (χ0v) is 16.9. The second-order valence-electron chi connectivity index (χ2n) is 6.56. The average Bonchev–Trinajstić information content (AvgIpc) is 3.40. The summed E-state index contributed by atoms with van der Waals surface area (Å²) in [5.41, 5.74) is 4.14. The molecular weight excluding hydrogens is 424 g/mol. The number of rotatable bonds is 6. The highest BCUT2D eigenvalue weighted by atomic mass is 35.5. The second kappa shape index (κ2) is 8.36.